The topological polar surface area (TPSA) is 42.3 Å². The third-order valence-electron chi connectivity index (χ3n) is 7.61. The summed E-state index contributed by atoms with van der Waals surface area (Å²) in [7, 11) is 0. The molecule has 0 saturated carbocycles. The van der Waals surface area contributed by atoms with Gasteiger partial charge in [-0.2, -0.15) is 5.01 Å². The van der Waals surface area contributed by atoms with E-state index in [1.807, 2.05) is 102 Å². The number of aryl methyl sites for hydroxylation is 2. The van der Waals surface area contributed by atoms with E-state index in [0.29, 0.717) is 16.5 Å². The number of hydrogen-bond acceptors (Lipinski definition) is 2. The van der Waals surface area contributed by atoms with E-state index in [1.54, 1.807) is 0 Å². The van der Waals surface area contributed by atoms with Crippen LogP contribution in [0.1, 0.15) is 31.8 Å². The first-order valence-corrected chi connectivity index (χ1v) is 12.7. The molecule has 1 aromatic heterocycles. The maximum Gasteiger partial charge on any atom is 0.280 e. The second-order valence-corrected chi connectivity index (χ2v) is 9.85. The van der Waals surface area contributed by atoms with Crippen molar-refractivity contribution < 1.29 is 9.59 Å². The molecule has 1 aliphatic heterocycles. The standard InChI is InChI=1S/C34H24N2O2/c1-21-19-28-29(20-22(21)2)32(25-13-7-4-8-14-25)35(31(28)24-11-5-3-6-12-24)36-33(37)26-17-9-15-23-16-10-18-27(30(23)26)34(36)38/h3-20H,1-2H3. The number of benzene rings is 5. The van der Waals surface area contributed by atoms with Crippen molar-refractivity contribution in [1.29, 1.82) is 0 Å². The number of carbonyl (C=O) groups excluding carboxylic acids is 2. The minimum absolute atomic E-state index is 0.331. The molecular formula is C34H24N2O2. The first kappa shape index (κ1) is 22.3. The molecule has 38 heavy (non-hydrogen) atoms. The predicted molar refractivity (Wildman–Crippen MR) is 153 cm³/mol. The SMILES string of the molecule is Cc1cc2c(-c3ccccc3)n(N3C(=O)c4cccc5cccc(c45)C3=O)c(-c3ccccc3)c2cc1C. The van der Waals surface area contributed by atoms with Crippen LogP contribution in [0.4, 0.5) is 0 Å². The van der Waals surface area contributed by atoms with Gasteiger partial charge in [-0.25, -0.2) is 4.68 Å². The van der Waals surface area contributed by atoms with Crippen molar-refractivity contribution in [2.24, 2.45) is 0 Å². The summed E-state index contributed by atoms with van der Waals surface area (Å²) in [5, 5.41) is 4.93. The maximum absolute atomic E-state index is 14.3. The molecule has 0 atom stereocenters. The van der Waals surface area contributed by atoms with Gasteiger partial charge in [-0.05, 0) is 54.6 Å². The van der Waals surface area contributed by atoms with Crippen LogP contribution >= 0.6 is 0 Å². The van der Waals surface area contributed by atoms with E-state index in [4.69, 9.17) is 0 Å². The molecule has 0 bridgehead atoms. The quantitative estimate of drug-likeness (QED) is 0.238. The Hall–Kier alpha value is -4.96. The van der Waals surface area contributed by atoms with Crippen molar-refractivity contribution in [1.82, 2.24) is 4.68 Å². The Morgan fingerprint density at radius 3 is 1.42 bits per heavy atom. The van der Waals surface area contributed by atoms with Crippen LogP contribution in [0.5, 0.6) is 0 Å². The van der Waals surface area contributed by atoms with Crippen LogP contribution < -0.4 is 5.01 Å². The van der Waals surface area contributed by atoms with Gasteiger partial charge in [0.1, 0.15) is 0 Å². The average Bonchev–Trinajstić information content (AvgIpc) is 3.26. The highest BCUT2D eigenvalue weighted by atomic mass is 16.2. The van der Waals surface area contributed by atoms with Gasteiger partial charge < -0.3 is 0 Å². The Kier molecular flexibility index (Phi) is 4.85. The van der Waals surface area contributed by atoms with Crippen LogP contribution in [-0.4, -0.2) is 16.5 Å². The van der Waals surface area contributed by atoms with Gasteiger partial charge in [0.25, 0.3) is 11.8 Å². The lowest BCUT2D eigenvalue weighted by molar-refractivity contribution is 0.0854. The molecule has 0 unspecified atom stereocenters. The Labute approximate surface area is 220 Å². The molecule has 0 radical (unpaired) electrons. The van der Waals surface area contributed by atoms with E-state index in [1.165, 1.54) is 5.01 Å². The zero-order valence-corrected chi connectivity index (χ0v) is 21.1. The molecule has 0 spiro atoms. The van der Waals surface area contributed by atoms with Gasteiger partial charge in [0.15, 0.2) is 0 Å². The molecule has 2 amide bonds. The highest BCUT2D eigenvalue weighted by molar-refractivity contribution is 6.33. The van der Waals surface area contributed by atoms with Gasteiger partial charge in [-0.1, -0.05) is 84.9 Å². The predicted octanol–water partition coefficient (Wildman–Crippen LogP) is 7.68. The summed E-state index contributed by atoms with van der Waals surface area (Å²) >= 11 is 0. The largest absolute Gasteiger partial charge is 0.280 e. The number of nitrogens with zero attached hydrogens (tertiary/aromatic N) is 2. The summed E-state index contributed by atoms with van der Waals surface area (Å²) in [6.07, 6.45) is 0. The summed E-state index contributed by atoms with van der Waals surface area (Å²) in [5.74, 6) is -0.662. The Balaban J connectivity index is 1.65. The molecule has 5 aromatic carbocycles. The summed E-state index contributed by atoms with van der Waals surface area (Å²) in [5.41, 5.74) is 6.85. The number of amides is 2. The highest BCUT2D eigenvalue weighted by Gasteiger charge is 2.37. The van der Waals surface area contributed by atoms with E-state index in [2.05, 4.69) is 26.0 Å². The van der Waals surface area contributed by atoms with E-state index in [-0.39, 0.29) is 11.8 Å². The molecule has 4 nitrogen and oxygen atoms in total. The zero-order valence-electron chi connectivity index (χ0n) is 21.1. The first-order chi connectivity index (χ1) is 18.5. The molecular weight excluding hydrogens is 468 g/mol. The van der Waals surface area contributed by atoms with Gasteiger partial charge in [0.2, 0.25) is 0 Å². The molecule has 1 aliphatic rings. The maximum atomic E-state index is 14.3. The zero-order chi connectivity index (χ0) is 26.0. The Morgan fingerprint density at radius 2 is 0.974 bits per heavy atom. The van der Waals surface area contributed by atoms with Crippen molar-refractivity contribution in [3.63, 3.8) is 0 Å². The molecule has 7 rings (SSSR count). The molecule has 0 aliphatic carbocycles. The summed E-state index contributed by atoms with van der Waals surface area (Å²) in [6, 6.07) is 35.6. The monoisotopic (exact) mass is 492 g/mol. The van der Waals surface area contributed by atoms with E-state index in [0.717, 1.165) is 49.8 Å². The van der Waals surface area contributed by atoms with Crippen molar-refractivity contribution in [2.45, 2.75) is 13.8 Å². The number of imide groups is 1. The van der Waals surface area contributed by atoms with Crippen molar-refractivity contribution in [2.75, 3.05) is 5.01 Å². The van der Waals surface area contributed by atoms with Gasteiger partial charge in [0.05, 0.1) is 22.5 Å². The second-order valence-electron chi connectivity index (χ2n) is 9.85. The van der Waals surface area contributed by atoms with Gasteiger partial charge in [-0.15, -0.1) is 0 Å². The minimum Gasteiger partial charge on any atom is -0.267 e. The lowest BCUT2D eigenvalue weighted by Crippen LogP contribution is -2.48. The molecule has 0 N–H and O–H groups in total. The fraction of sp³-hybridized carbons (Fsp3) is 0.0588. The summed E-state index contributed by atoms with van der Waals surface area (Å²) in [6.45, 7) is 4.19. The summed E-state index contributed by atoms with van der Waals surface area (Å²) in [4.78, 5) is 28.6. The third-order valence-corrected chi connectivity index (χ3v) is 7.61. The average molecular weight is 493 g/mol. The van der Waals surface area contributed by atoms with Crippen LogP contribution in [0.15, 0.2) is 109 Å². The molecule has 182 valence electrons. The van der Waals surface area contributed by atoms with Crippen LogP contribution in [0.25, 0.3) is 44.1 Å². The summed E-state index contributed by atoms with van der Waals surface area (Å²) < 4.78 is 1.85. The number of rotatable bonds is 3. The van der Waals surface area contributed by atoms with Crippen LogP contribution in [0.2, 0.25) is 0 Å². The van der Waals surface area contributed by atoms with Crippen LogP contribution in [0.3, 0.4) is 0 Å². The third kappa shape index (κ3) is 3.10. The lowest BCUT2D eigenvalue weighted by atomic mass is 9.95. The van der Waals surface area contributed by atoms with Crippen LogP contribution in [0, 0.1) is 13.8 Å². The molecule has 0 saturated heterocycles. The van der Waals surface area contributed by atoms with Crippen LogP contribution in [-0.2, 0) is 0 Å². The number of hydrogen-bond donors (Lipinski definition) is 0. The minimum atomic E-state index is -0.331. The van der Waals surface area contributed by atoms with Gasteiger partial charge >= 0.3 is 0 Å². The van der Waals surface area contributed by atoms with Gasteiger partial charge in [0, 0.05) is 27.3 Å². The Bertz CT molecular complexity index is 1780. The number of aromatic nitrogens is 1. The second kappa shape index (κ2) is 8.29. The van der Waals surface area contributed by atoms with E-state index in [9.17, 15) is 9.59 Å². The molecule has 2 heterocycles. The lowest BCUT2D eigenvalue weighted by Gasteiger charge is -2.31. The normalized spacial score (nSPS) is 13.1. The molecule has 4 heteroatoms. The number of fused-ring (bicyclic) bond motifs is 1. The first-order valence-electron chi connectivity index (χ1n) is 12.7. The van der Waals surface area contributed by atoms with Gasteiger partial charge in [-0.3, -0.25) is 9.59 Å². The fourth-order valence-electron chi connectivity index (χ4n) is 5.70. The highest BCUT2D eigenvalue weighted by Crippen LogP contribution is 2.42. The molecule has 6 aromatic rings. The smallest absolute Gasteiger partial charge is 0.267 e. The van der Waals surface area contributed by atoms with E-state index >= 15 is 0 Å². The molecule has 0 fully saturated rings. The fourth-order valence-corrected chi connectivity index (χ4v) is 5.70. The van der Waals surface area contributed by atoms with E-state index < -0.39 is 0 Å². The van der Waals surface area contributed by atoms with Crippen molar-refractivity contribution >= 4 is 33.4 Å². The van der Waals surface area contributed by atoms with Crippen molar-refractivity contribution in [3.8, 4) is 22.5 Å². The number of carbonyl (C=O) groups is 2. The Morgan fingerprint density at radius 1 is 0.526 bits per heavy atom. The van der Waals surface area contributed by atoms with Crippen molar-refractivity contribution in [3.05, 3.63) is 131 Å².